The van der Waals surface area contributed by atoms with Gasteiger partial charge in [-0.3, -0.25) is 0 Å². The molecule has 2 heteroatoms. The van der Waals surface area contributed by atoms with Crippen LogP contribution in [0.5, 0.6) is 0 Å². The molecule has 0 radical (unpaired) electrons. The van der Waals surface area contributed by atoms with Crippen LogP contribution in [-0.2, 0) is 6.50 Å². The van der Waals surface area contributed by atoms with Gasteiger partial charge in [0.25, 0.3) is 0 Å². The maximum atomic E-state index is 8.31. The molecule has 0 amide bonds. The molecule has 0 saturated heterocycles. The number of imidazole rings is 1. The van der Waals surface area contributed by atoms with E-state index in [1.54, 1.807) is 11.5 Å². The minimum absolute atomic E-state index is 0.409. The van der Waals surface area contributed by atoms with E-state index in [4.69, 9.17) is 2.74 Å². The lowest BCUT2D eigenvalue weighted by Crippen LogP contribution is -2.30. The average molecular weight is 385 g/mol. The fourth-order valence-corrected chi connectivity index (χ4v) is 4.08. The van der Waals surface area contributed by atoms with Crippen molar-refractivity contribution < 1.29 is 7.31 Å². The van der Waals surface area contributed by atoms with E-state index >= 15 is 0 Å². The molecule has 1 aromatic heterocycles. The molecular weight excluding hydrogens is 352 g/mol. The molecule has 4 aromatic rings. The number of nitrogens with zero attached hydrogens (tertiary/aromatic N) is 2. The van der Waals surface area contributed by atoms with E-state index in [2.05, 4.69) is 64.4 Å². The molecule has 0 saturated carbocycles. The van der Waals surface area contributed by atoms with Gasteiger partial charge in [-0.1, -0.05) is 94.4 Å². The first-order valence-corrected chi connectivity index (χ1v) is 10.4. The van der Waals surface area contributed by atoms with Crippen molar-refractivity contribution in [2.75, 3.05) is 0 Å². The highest BCUT2D eigenvalue weighted by Crippen LogP contribution is 2.37. The molecule has 148 valence electrons. The third-order valence-electron chi connectivity index (χ3n) is 5.56. The van der Waals surface area contributed by atoms with Crippen LogP contribution < -0.4 is 4.57 Å². The number of hydrogen-bond acceptors (Lipinski definition) is 0. The minimum atomic E-state index is -1.56. The molecule has 0 aliphatic rings. The zero-order chi connectivity index (χ0) is 22.3. The van der Waals surface area contributed by atoms with Crippen molar-refractivity contribution in [1.29, 1.82) is 0 Å². The summed E-state index contributed by atoms with van der Waals surface area (Å²) in [6.07, 6.45) is 3.26. The molecule has 1 heterocycles. The summed E-state index contributed by atoms with van der Waals surface area (Å²) < 4.78 is 20.2. The van der Waals surface area contributed by atoms with E-state index in [1.165, 1.54) is 16.7 Å². The Morgan fingerprint density at radius 3 is 2.14 bits per heavy atom. The van der Waals surface area contributed by atoms with E-state index in [-0.39, 0.29) is 0 Å². The van der Waals surface area contributed by atoms with Gasteiger partial charge >= 0.3 is 0 Å². The van der Waals surface area contributed by atoms with Crippen LogP contribution in [0.2, 0.25) is 0 Å². The molecule has 0 fully saturated rings. The second-order valence-corrected chi connectivity index (χ2v) is 8.15. The third-order valence-corrected chi connectivity index (χ3v) is 5.56. The van der Waals surface area contributed by atoms with Crippen molar-refractivity contribution in [3.8, 4) is 16.8 Å². The fourth-order valence-electron chi connectivity index (χ4n) is 4.08. The molecule has 0 N–H and O–H groups in total. The quantitative estimate of drug-likeness (QED) is 0.269. The van der Waals surface area contributed by atoms with E-state index in [1.807, 2.05) is 41.0 Å². The van der Waals surface area contributed by atoms with Gasteiger partial charge in [-0.15, -0.1) is 0 Å². The molecule has 0 unspecified atom stereocenters. The normalized spacial score (nSPS) is 13.2. The monoisotopic (exact) mass is 384 g/mol. The standard InChI is InChI=1S/C27H30N2/c1-6-28-18-29(22-11-8-7-9-12-22)26-17-21(15-16-25(26)28)27-23(19(2)3)13-10-14-24(27)20(4)5/h7-17,19-20H,6H2,1-5H3/i6D2. The fraction of sp³-hybridized carbons (Fsp3) is 0.296. The van der Waals surface area contributed by atoms with Crippen molar-refractivity contribution in [1.82, 2.24) is 4.57 Å². The van der Waals surface area contributed by atoms with Crippen LogP contribution in [-0.4, -0.2) is 4.57 Å². The summed E-state index contributed by atoms with van der Waals surface area (Å²) in [5.74, 6) is 0.818. The second-order valence-electron chi connectivity index (χ2n) is 8.15. The summed E-state index contributed by atoms with van der Waals surface area (Å²) in [6, 6.07) is 23.0. The van der Waals surface area contributed by atoms with Gasteiger partial charge in [0.05, 0.1) is 26.0 Å². The molecule has 29 heavy (non-hydrogen) atoms. The van der Waals surface area contributed by atoms with Gasteiger partial charge in [-0.2, -0.15) is 0 Å². The van der Waals surface area contributed by atoms with E-state index < -0.39 is 6.50 Å². The lowest BCUT2D eigenvalue weighted by Gasteiger charge is -2.20. The van der Waals surface area contributed by atoms with Gasteiger partial charge < -0.3 is 9.13 Å². The summed E-state index contributed by atoms with van der Waals surface area (Å²) in [6.45, 7) is 8.96. The van der Waals surface area contributed by atoms with Crippen LogP contribution in [0.25, 0.3) is 27.8 Å². The molecular formula is C27H30N2. The highest BCUT2D eigenvalue weighted by Gasteiger charge is 2.17. The summed E-state index contributed by atoms with van der Waals surface area (Å²) in [7, 11) is 0. The molecule has 2 nitrogen and oxygen atoms in total. The zero-order valence-corrected chi connectivity index (χ0v) is 17.9. The summed E-state index contributed by atoms with van der Waals surface area (Å²) in [5.41, 5.74) is 7.87. The topological polar surface area (TPSA) is 8.81 Å². The van der Waals surface area contributed by atoms with Crippen LogP contribution in [0.15, 0.2) is 66.7 Å². The van der Waals surface area contributed by atoms with Gasteiger partial charge in [-0.05, 0) is 41.0 Å². The van der Waals surface area contributed by atoms with Crippen LogP contribution in [0, 0.1) is 6.33 Å². The van der Waals surface area contributed by atoms with Crippen molar-refractivity contribution in [2.24, 2.45) is 0 Å². The Labute approximate surface area is 177 Å². The summed E-state index contributed by atoms with van der Waals surface area (Å²) in [4.78, 5) is 0. The predicted octanol–water partition coefficient (Wildman–Crippen LogP) is 6.65. The van der Waals surface area contributed by atoms with Crippen molar-refractivity contribution in [3.63, 3.8) is 0 Å². The first-order chi connectivity index (χ1) is 14.7. The Balaban J connectivity index is 2.04. The lowest BCUT2D eigenvalue weighted by molar-refractivity contribution is -0.672. The first-order valence-electron chi connectivity index (χ1n) is 11.4. The molecule has 0 bridgehead atoms. The van der Waals surface area contributed by atoms with Crippen molar-refractivity contribution in [2.45, 2.75) is 53.0 Å². The van der Waals surface area contributed by atoms with Crippen LogP contribution in [0.4, 0.5) is 0 Å². The molecule has 0 spiro atoms. The van der Waals surface area contributed by atoms with Gasteiger partial charge in [0, 0.05) is 0 Å². The lowest BCUT2D eigenvalue weighted by atomic mass is 9.85. The van der Waals surface area contributed by atoms with Crippen LogP contribution >= 0.6 is 0 Å². The second kappa shape index (κ2) is 7.87. The highest BCUT2D eigenvalue weighted by atomic mass is 15.1. The van der Waals surface area contributed by atoms with Crippen LogP contribution in [0.1, 0.15) is 60.3 Å². The molecule has 0 aliphatic heterocycles. The largest absolute Gasteiger partial charge is 0.319 e. The van der Waals surface area contributed by atoms with Gasteiger partial charge in [-0.25, -0.2) is 0 Å². The number of rotatable bonds is 5. The summed E-state index contributed by atoms with van der Waals surface area (Å²) in [5, 5.41) is 0. The number of para-hydroxylation sites is 1. The Morgan fingerprint density at radius 1 is 0.897 bits per heavy atom. The molecule has 0 aliphatic carbocycles. The van der Waals surface area contributed by atoms with E-state index in [0.717, 1.165) is 22.3 Å². The summed E-state index contributed by atoms with van der Waals surface area (Å²) >= 11 is 0. The van der Waals surface area contributed by atoms with E-state index in [0.29, 0.717) is 11.8 Å². The smallest absolute Gasteiger partial charge is 0.244 e. The molecule has 4 rings (SSSR count). The van der Waals surface area contributed by atoms with Crippen LogP contribution in [0.3, 0.4) is 0 Å². The van der Waals surface area contributed by atoms with E-state index in [9.17, 15) is 0 Å². The van der Waals surface area contributed by atoms with Gasteiger partial charge in [0.15, 0.2) is 0 Å². The zero-order valence-electron chi connectivity index (χ0n) is 19.9. The van der Waals surface area contributed by atoms with Crippen molar-refractivity contribution in [3.05, 3.63) is 84.2 Å². The Kier molecular flexibility index (Phi) is 4.62. The first kappa shape index (κ1) is 17.0. The Bertz CT molecular complexity index is 1190. The predicted molar refractivity (Wildman–Crippen MR) is 122 cm³/mol. The average Bonchev–Trinajstić information content (AvgIpc) is 3.13. The van der Waals surface area contributed by atoms with Gasteiger partial charge in [0.2, 0.25) is 6.33 Å². The molecule has 3 aromatic carbocycles. The number of benzene rings is 3. The number of aromatic nitrogens is 2. The number of aryl methyl sites for hydroxylation is 1. The highest BCUT2D eigenvalue weighted by molar-refractivity contribution is 5.83. The Morgan fingerprint density at radius 2 is 1.55 bits per heavy atom. The molecule has 0 atom stereocenters. The Hall–Kier alpha value is -2.87. The SMILES string of the molecule is [2H]C([2H])(C)[n+]1[c-]n(-c2ccccc2)c2cc(-c3c(C(C)C)cccc3C(C)C)ccc21. The number of fused-ring (bicyclic) bond motifs is 1. The number of hydrogen-bond donors (Lipinski definition) is 0. The minimum Gasteiger partial charge on any atom is -0.319 e. The third kappa shape index (κ3) is 3.48. The maximum Gasteiger partial charge on any atom is 0.244 e. The maximum absolute atomic E-state index is 8.31. The van der Waals surface area contributed by atoms with Gasteiger partial charge in [0.1, 0.15) is 0 Å². The van der Waals surface area contributed by atoms with Crippen molar-refractivity contribution >= 4 is 11.0 Å².